The van der Waals surface area contributed by atoms with Crippen molar-refractivity contribution >= 4 is 33.7 Å². The maximum Gasteiger partial charge on any atom is 0.316 e. The Balaban J connectivity index is 2.78. The van der Waals surface area contributed by atoms with Crippen molar-refractivity contribution in [3.8, 4) is 5.75 Å². The molecule has 1 N–H and O–H groups in total. The summed E-state index contributed by atoms with van der Waals surface area (Å²) in [5.41, 5.74) is 1.00. The second-order valence-corrected chi connectivity index (χ2v) is 6.32. The van der Waals surface area contributed by atoms with Gasteiger partial charge in [-0.2, -0.15) is 0 Å². The Kier molecular flexibility index (Phi) is 6.02. The number of hydrogen-bond acceptors (Lipinski definition) is 3. The average molecular weight is 333 g/mol. The SMILES string of the molecule is COc1ccc(Br)cc1CSC(C(=O)O)C(C)C. The van der Waals surface area contributed by atoms with Crippen LogP contribution in [0.3, 0.4) is 0 Å². The lowest BCUT2D eigenvalue weighted by atomic mass is 10.1. The zero-order valence-electron chi connectivity index (χ0n) is 10.6. The van der Waals surface area contributed by atoms with Gasteiger partial charge in [-0.25, -0.2) is 0 Å². The summed E-state index contributed by atoms with van der Waals surface area (Å²) in [7, 11) is 1.62. The molecule has 1 rings (SSSR count). The van der Waals surface area contributed by atoms with Gasteiger partial charge in [0.1, 0.15) is 11.0 Å². The van der Waals surface area contributed by atoms with Crippen LogP contribution >= 0.6 is 27.7 Å². The van der Waals surface area contributed by atoms with Gasteiger partial charge in [0.25, 0.3) is 0 Å². The Morgan fingerprint density at radius 1 is 1.50 bits per heavy atom. The van der Waals surface area contributed by atoms with E-state index in [-0.39, 0.29) is 5.92 Å². The summed E-state index contributed by atoms with van der Waals surface area (Å²) in [5.74, 6) is 0.755. The largest absolute Gasteiger partial charge is 0.496 e. The van der Waals surface area contributed by atoms with Gasteiger partial charge >= 0.3 is 5.97 Å². The van der Waals surface area contributed by atoms with Crippen molar-refractivity contribution in [1.82, 2.24) is 0 Å². The van der Waals surface area contributed by atoms with Gasteiger partial charge in [-0.15, -0.1) is 11.8 Å². The molecule has 1 unspecified atom stereocenters. The summed E-state index contributed by atoms with van der Waals surface area (Å²) in [6.45, 7) is 3.84. The van der Waals surface area contributed by atoms with Crippen molar-refractivity contribution in [2.45, 2.75) is 24.9 Å². The van der Waals surface area contributed by atoms with Crippen LogP contribution in [0, 0.1) is 5.92 Å². The van der Waals surface area contributed by atoms with Crippen molar-refractivity contribution in [3.63, 3.8) is 0 Å². The number of methoxy groups -OCH3 is 1. The molecule has 0 heterocycles. The zero-order valence-corrected chi connectivity index (χ0v) is 13.0. The fourth-order valence-corrected chi connectivity index (χ4v) is 3.11. The highest BCUT2D eigenvalue weighted by molar-refractivity contribution is 9.10. The monoisotopic (exact) mass is 332 g/mol. The van der Waals surface area contributed by atoms with E-state index in [1.165, 1.54) is 11.8 Å². The van der Waals surface area contributed by atoms with Crippen LogP contribution in [0.1, 0.15) is 19.4 Å². The number of aliphatic carboxylic acids is 1. The van der Waals surface area contributed by atoms with Gasteiger partial charge in [-0.05, 0) is 24.1 Å². The van der Waals surface area contributed by atoms with Crippen LogP contribution in [-0.4, -0.2) is 23.4 Å². The van der Waals surface area contributed by atoms with Gasteiger partial charge in [0.05, 0.1) is 7.11 Å². The molecular weight excluding hydrogens is 316 g/mol. The molecule has 0 saturated carbocycles. The molecule has 18 heavy (non-hydrogen) atoms. The minimum Gasteiger partial charge on any atom is -0.496 e. The highest BCUT2D eigenvalue weighted by atomic mass is 79.9. The van der Waals surface area contributed by atoms with Gasteiger partial charge < -0.3 is 9.84 Å². The van der Waals surface area contributed by atoms with E-state index in [1.807, 2.05) is 32.0 Å². The number of carbonyl (C=O) groups is 1. The summed E-state index contributed by atoms with van der Waals surface area (Å²) in [6, 6.07) is 5.75. The molecule has 0 bridgehead atoms. The fraction of sp³-hybridized carbons (Fsp3) is 0.462. The first-order valence-electron chi connectivity index (χ1n) is 5.62. The van der Waals surface area contributed by atoms with Crippen LogP contribution in [0.5, 0.6) is 5.75 Å². The van der Waals surface area contributed by atoms with E-state index in [2.05, 4.69) is 15.9 Å². The van der Waals surface area contributed by atoms with Crippen LogP contribution in [0.2, 0.25) is 0 Å². The quantitative estimate of drug-likeness (QED) is 0.860. The lowest BCUT2D eigenvalue weighted by molar-refractivity contribution is -0.137. The first-order chi connectivity index (χ1) is 8.45. The van der Waals surface area contributed by atoms with E-state index >= 15 is 0 Å². The molecule has 100 valence electrons. The molecule has 1 aromatic rings. The van der Waals surface area contributed by atoms with Crippen molar-refractivity contribution in [2.24, 2.45) is 5.92 Å². The average Bonchev–Trinajstić information content (AvgIpc) is 2.28. The highest BCUT2D eigenvalue weighted by Gasteiger charge is 2.22. The molecule has 0 aliphatic rings. The van der Waals surface area contributed by atoms with Gasteiger partial charge in [-0.3, -0.25) is 4.79 Å². The first-order valence-corrected chi connectivity index (χ1v) is 7.46. The number of hydrogen-bond donors (Lipinski definition) is 1. The molecule has 0 radical (unpaired) electrons. The third kappa shape index (κ3) is 4.21. The lowest BCUT2D eigenvalue weighted by Gasteiger charge is -2.16. The summed E-state index contributed by atoms with van der Waals surface area (Å²) >= 11 is 4.84. The van der Waals surface area contributed by atoms with Gasteiger partial charge in [-0.1, -0.05) is 29.8 Å². The topological polar surface area (TPSA) is 46.5 Å². The van der Waals surface area contributed by atoms with Gasteiger partial charge in [0.15, 0.2) is 0 Å². The molecule has 3 nitrogen and oxygen atoms in total. The summed E-state index contributed by atoms with van der Waals surface area (Å²) in [6.07, 6.45) is 0. The minimum absolute atomic E-state index is 0.102. The Morgan fingerprint density at radius 3 is 2.67 bits per heavy atom. The normalized spacial score (nSPS) is 12.5. The summed E-state index contributed by atoms with van der Waals surface area (Å²) in [5, 5.41) is 8.75. The molecule has 5 heteroatoms. The lowest BCUT2D eigenvalue weighted by Crippen LogP contribution is -2.22. The molecule has 1 aromatic carbocycles. The summed E-state index contributed by atoms with van der Waals surface area (Å²) in [4.78, 5) is 11.1. The summed E-state index contributed by atoms with van der Waals surface area (Å²) < 4.78 is 6.24. The minimum atomic E-state index is -0.760. The number of ether oxygens (including phenoxy) is 1. The van der Waals surface area contributed by atoms with E-state index in [0.29, 0.717) is 5.75 Å². The molecule has 0 aliphatic carbocycles. The number of rotatable bonds is 6. The van der Waals surface area contributed by atoms with Crippen LogP contribution in [0.4, 0.5) is 0 Å². The van der Waals surface area contributed by atoms with Gasteiger partial charge in [0.2, 0.25) is 0 Å². The third-order valence-electron chi connectivity index (χ3n) is 2.51. The van der Waals surface area contributed by atoms with E-state index in [1.54, 1.807) is 7.11 Å². The standard InChI is InChI=1S/C13H17BrO3S/c1-8(2)12(13(15)16)18-7-9-6-10(14)4-5-11(9)17-3/h4-6,8,12H,7H2,1-3H3,(H,15,16). The van der Waals surface area contributed by atoms with Crippen LogP contribution in [-0.2, 0) is 10.5 Å². The van der Waals surface area contributed by atoms with Crippen molar-refractivity contribution < 1.29 is 14.6 Å². The maximum absolute atomic E-state index is 11.1. The number of thioether (sulfide) groups is 1. The molecular formula is C13H17BrO3S. The fourth-order valence-electron chi connectivity index (χ4n) is 1.59. The molecule has 0 saturated heterocycles. The number of benzene rings is 1. The molecule has 0 aromatic heterocycles. The molecule has 0 amide bonds. The Labute approximate surface area is 120 Å². The van der Waals surface area contributed by atoms with Crippen molar-refractivity contribution in [2.75, 3.05) is 7.11 Å². The van der Waals surface area contributed by atoms with Crippen LogP contribution in [0.25, 0.3) is 0 Å². The Bertz CT molecular complexity index is 421. The van der Waals surface area contributed by atoms with Gasteiger partial charge in [0, 0.05) is 15.8 Å². The zero-order chi connectivity index (χ0) is 13.7. The van der Waals surface area contributed by atoms with E-state index in [9.17, 15) is 4.79 Å². The smallest absolute Gasteiger partial charge is 0.316 e. The van der Waals surface area contributed by atoms with Crippen LogP contribution in [0.15, 0.2) is 22.7 Å². The first kappa shape index (κ1) is 15.4. The highest BCUT2D eigenvalue weighted by Crippen LogP contribution is 2.30. The second-order valence-electron chi connectivity index (χ2n) is 4.27. The third-order valence-corrected chi connectivity index (χ3v) is 4.59. The van der Waals surface area contributed by atoms with E-state index in [4.69, 9.17) is 9.84 Å². The molecule has 0 aliphatic heterocycles. The predicted octanol–water partition coefficient (Wildman–Crippen LogP) is 3.80. The molecule has 1 atom stereocenters. The Morgan fingerprint density at radius 2 is 2.17 bits per heavy atom. The maximum atomic E-state index is 11.1. The van der Waals surface area contributed by atoms with Crippen molar-refractivity contribution in [3.05, 3.63) is 28.2 Å². The molecule has 0 spiro atoms. The number of carboxylic acid groups (broad SMARTS) is 1. The Hall–Kier alpha value is -0.680. The van der Waals surface area contributed by atoms with E-state index < -0.39 is 11.2 Å². The van der Waals surface area contributed by atoms with E-state index in [0.717, 1.165) is 15.8 Å². The van der Waals surface area contributed by atoms with Crippen molar-refractivity contribution in [1.29, 1.82) is 0 Å². The number of carboxylic acids is 1. The predicted molar refractivity (Wildman–Crippen MR) is 78.3 cm³/mol. The molecule has 0 fully saturated rings. The number of halogens is 1. The van der Waals surface area contributed by atoms with Crippen LogP contribution < -0.4 is 4.74 Å². The second kappa shape index (κ2) is 7.04.